The third-order valence-electron chi connectivity index (χ3n) is 3.73. The van der Waals surface area contributed by atoms with Crippen molar-refractivity contribution in [2.45, 2.75) is 39.7 Å². The van der Waals surface area contributed by atoms with Crippen molar-refractivity contribution in [1.82, 2.24) is 19.1 Å². The minimum Gasteiger partial charge on any atom is -0.345 e. The second kappa shape index (κ2) is 6.74. The normalized spacial score (nSPS) is 11.0. The molecule has 23 heavy (non-hydrogen) atoms. The van der Waals surface area contributed by atoms with Crippen LogP contribution in [0.1, 0.15) is 31.7 Å². The van der Waals surface area contributed by atoms with Crippen molar-refractivity contribution in [3.8, 4) is 0 Å². The lowest BCUT2D eigenvalue weighted by Crippen LogP contribution is -2.40. The van der Waals surface area contributed by atoms with Crippen LogP contribution in [0.3, 0.4) is 0 Å². The highest BCUT2D eigenvalue weighted by Gasteiger charge is 2.16. The van der Waals surface area contributed by atoms with Gasteiger partial charge in [0.2, 0.25) is 0 Å². The highest BCUT2D eigenvalue weighted by atomic mass is 17.1. The van der Waals surface area contributed by atoms with Gasteiger partial charge in [0.1, 0.15) is 5.76 Å². The zero-order valence-corrected chi connectivity index (χ0v) is 13.5. The maximum atomic E-state index is 12.6. The van der Waals surface area contributed by atoms with Crippen molar-refractivity contribution in [3.05, 3.63) is 44.6 Å². The highest BCUT2D eigenvalue weighted by Crippen LogP contribution is 2.10. The Hall–Kier alpha value is -2.48. The van der Waals surface area contributed by atoms with Gasteiger partial charge in [-0.1, -0.05) is 20.4 Å². The lowest BCUT2D eigenvalue weighted by atomic mass is 10.2. The van der Waals surface area contributed by atoms with E-state index in [2.05, 4.69) is 21.4 Å². The largest absolute Gasteiger partial charge is 0.345 e. The van der Waals surface area contributed by atoms with Crippen LogP contribution in [-0.2, 0) is 31.3 Å². The molecule has 0 aromatic carbocycles. The summed E-state index contributed by atoms with van der Waals surface area (Å²) in [5, 5.41) is 8.51. The number of allylic oxidation sites excluding steroid dienone is 1. The Kier molecular flexibility index (Phi) is 4.95. The molecule has 0 aliphatic carbocycles. The molecule has 2 aromatic heterocycles. The van der Waals surface area contributed by atoms with Crippen LogP contribution in [0.15, 0.2) is 21.9 Å². The van der Waals surface area contributed by atoms with E-state index in [0.29, 0.717) is 12.8 Å². The lowest BCUT2D eigenvalue weighted by molar-refractivity contribution is -0.205. The van der Waals surface area contributed by atoms with Gasteiger partial charge >= 0.3 is 5.69 Å². The van der Waals surface area contributed by atoms with Crippen molar-refractivity contribution >= 4 is 11.2 Å². The van der Waals surface area contributed by atoms with Gasteiger partial charge in [0.15, 0.2) is 11.2 Å². The molecule has 0 amide bonds. The van der Waals surface area contributed by atoms with Crippen molar-refractivity contribution in [2.24, 2.45) is 7.05 Å². The average Bonchev–Trinajstić information content (AvgIpc) is 2.58. The van der Waals surface area contributed by atoms with Gasteiger partial charge in [0.05, 0.1) is 11.4 Å². The SMILES string of the molecule is C=C(CCn1c(=O)c2nc(CC)c(CC)nc2n(C)c1=O)OO. The third-order valence-corrected chi connectivity index (χ3v) is 3.73. The first-order valence-corrected chi connectivity index (χ1v) is 7.43. The standard InChI is InChI=1S/C15H20N4O4/c1-5-10-11(6-2)17-13-12(16-10)14(20)19(15(21)18(13)4)8-7-9(3)23-22/h22H,3,5-8H2,1-2,4H3. The Morgan fingerprint density at radius 2 is 1.83 bits per heavy atom. The van der Waals surface area contributed by atoms with Crippen LogP contribution in [0.5, 0.6) is 0 Å². The van der Waals surface area contributed by atoms with E-state index in [1.807, 2.05) is 13.8 Å². The number of aryl methyl sites for hydroxylation is 3. The summed E-state index contributed by atoms with van der Waals surface area (Å²) in [4.78, 5) is 37.8. The Balaban J connectivity index is 2.70. The number of rotatable bonds is 6. The predicted octanol–water partition coefficient (Wildman–Crippen LogP) is 1.01. The monoisotopic (exact) mass is 320 g/mol. The van der Waals surface area contributed by atoms with E-state index in [4.69, 9.17) is 5.26 Å². The molecule has 8 nitrogen and oxygen atoms in total. The Morgan fingerprint density at radius 3 is 2.39 bits per heavy atom. The van der Waals surface area contributed by atoms with Gasteiger partial charge in [-0.3, -0.25) is 13.9 Å². The van der Waals surface area contributed by atoms with Crippen molar-refractivity contribution < 1.29 is 10.1 Å². The van der Waals surface area contributed by atoms with Gasteiger partial charge in [0.25, 0.3) is 5.56 Å². The van der Waals surface area contributed by atoms with Gasteiger partial charge in [-0.05, 0) is 12.8 Å². The third kappa shape index (κ3) is 3.02. The van der Waals surface area contributed by atoms with Crippen LogP contribution in [0.2, 0.25) is 0 Å². The molecule has 0 saturated heterocycles. The van der Waals surface area contributed by atoms with Crippen LogP contribution in [0.25, 0.3) is 11.2 Å². The fraction of sp³-hybridized carbons (Fsp3) is 0.467. The fourth-order valence-electron chi connectivity index (χ4n) is 2.40. The summed E-state index contributed by atoms with van der Waals surface area (Å²) in [6, 6.07) is 0. The Morgan fingerprint density at radius 1 is 1.22 bits per heavy atom. The molecule has 2 heterocycles. The molecule has 0 aliphatic rings. The summed E-state index contributed by atoms with van der Waals surface area (Å²) in [5.41, 5.74) is 0.992. The minimum atomic E-state index is -0.501. The highest BCUT2D eigenvalue weighted by molar-refractivity contribution is 5.69. The second-order valence-electron chi connectivity index (χ2n) is 5.17. The van der Waals surface area contributed by atoms with E-state index in [0.717, 1.165) is 16.0 Å². The zero-order chi connectivity index (χ0) is 17.1. The first-order chi connectivity index (χ1) is 10.9. The predicted molar refractivity (Wildman–Crippen MR) is 85.3 cm³/mol. The van der Waals surface area contributed by atoms with E-state index in [9.17, 15) is 9.59 Å². The number of hydrogen-bond donors (Lipinski definition) is 1. The number of nitrogens with zero attached hydrogens (tertiary/aromatic N) is 4. The summed E-state index contributed by atoms with van der Waals surface area (Å²) < 4.78 is 2.36. The maximum absolute atomic E-state index is 12.6. The molecule has 2 rings (SSSR count). The van der Waals surface area contributed by atoms with Gasteiger partial charge in [0, 0.05) is 20.0 Å². The van der Waals surface area contributed by atoms with Crippen molar-refractivity contribution in [1.29, 1.82) is 0 Å². The Labute approximate surface area is 132 Å². The molecule has 1 N–H and O–H groups in total. The molecule has 0 atom stereocenters. The Bertz CT molecular complexity index is 866. The summed E-state index contributed by atoms with van der Waals surface area (Å²) in [5.74, 6) is 0.0701. The van der Waals surface area contributed by atoms with Crippen LogP contribution in [0, 0.1) is 0 Å². The molecule has 0 saturated carbocycles. The second-order valence-corrected chi connectivity index (χ2v) is 5.17. The summed E-state index contributed by atoms with van der Waals surface area (Å²) >= 11 is 0. The van der Waals surface area contributed by atoms with E-state index in [1.165, 1.54) is 4.57 Å². The quantitative estimate of drug-likeness (QED) is 0.484. The molecule has 2 aromatic rings. The molecule has 0 bridgehead atoms. The summed E-state index contributed by atoms with van der Waals surface area (Å²) in [6.07, 6.45) is 1.47. The molecule has 0 radical (unpaired) electrons. The average molecular weight is 320 g/mol. The van der Waals surface area contributed by atoms with Crippen molar-refractivity contribution in [3.63, 3.8) is 0 Å². The minimum absolute atomic E-state index is 0.0412. The molecule has 0 aliphatic heterocycles. The molecular formula is C15H20N4O4. The zero-order valence-electron chi connectivity index (χ0n) is 13.5. The van der Waals surface area contributed by atoms with Gasteiger partial charge in [-0.15, -0.1) is 0 Å². The van der Waals surface area contributed by atoms with E-state index < -0.39 is 11.2 Å². The van der Waals surface area contributed by atoms with Gasteiger partial charge in [-0.25, -0.2) is 20.0 Å². The summed E-state index contributed by atoms with van der Waals surface area (Å²) in [7, 11) is 1.55. The molecule has 0 spiro atoms. The fourth-order valence-corrected chi connectivity index (χ4v) is 2.40. The van der Waals surface area contributed by atoms with E-state index in [1.54, 1.807) is 7.05 Å². The molecule has 0 fully saturated rings. The van der Waals surface area contributed by atoms with Crippen molar-refractivity contribution in [2.75, 3.05) is 0 Å². The maximum Gasteiger partial charge on any atom is 0.332 e. The van der Waals surface area contributed by atoms with Crippen LogP contribution in [0.4, 0.5) is 0 Å². The van der Waals surface area contributed by atoms with E-state index in [-0.39, 0.29) is 29.9 Å². The molecule has 0 unspecified atom stereocenters. The lowest BCUT2D eigenvalue weighted by Gasteiger charge is -2.12. The first kappa shape index (κ1) is 16.9. The van der Waals surface area contributed by atoms with E-state index >= 15 is 0 Å². The molecule has 8 heteroatoms. The summed E-state index contributed by atoms with van der Waals surface area (Å²) in [6.45, 7) is 7.39. The van der Waals surface area contributed by atoms with Gasteiger partial charge < -0.3 is 4.89 Å². The first-order valence-electron chi connectivity index (χ1n) is 7.43. The van der Waals surface area contributed by atoms with Crippen LogP contribution >= 0.6 is 0 Å². The molecular weight excluding hydrogens is 300 g/mol. The molecule has 124 valence electrons. The van der Waals surface area contributed by atoms with Crippen LogP contribution in [-0.4, -0.2) is 24.4 Å². The smallest absolute Gasteiger partial charge is 0.332 e. The van der Waals surface area contributed by atoms with Crippen LogP contribution < -0.4 is 11.2 Å². The number of aromatic nitrogens is 4. The number of fused-ring (bicyclic) bond motifs is 1. The van der Waals surface area contributed by atoms with Gasteiger partial charge in [-0.2, -0.15) is 0 Å². The topological polar surface area (TPSA) is 99.2 Å². The number of hydrogen-bond acceptors (Lipinski definition) is 6.